The number of nitrogens with zero attached hydrogens (tertiary/aromatic N) is 1. The molecule has 1 heterocycles. The first-order valence-electron chi connectivity index (χ1n) is 5.79. The molecule has 0 spiro atoms. The molecule has 0 bridgehead atoms. The summed E-state index contributed by atoms with van der Waals surface area (Å²) in [5.41, 5.74) is 14.6. The van der Waals surface area contributed by atoms with Crippen LogP contribution in [-0.4, -0.2) is 17.5 Å². The van der Waals surface area contributed by atoms with Crippen LogP contribution in [-0.2, 0) is 4.79 Å². The number of aliphatic imine (C=N–C) groups is 1. The summed E-state index contributed by atoms with van der Waals surface area (Å²) in [5, 5.41) is 0. The molecule has 5 heteroatoms. The van der Waals surface area contributed by atoms with E-state index >= 15 is 0 Å². The molecule has 4 N–H and O–H groups in total. The summed E-state index contributed by atoms with van der Waals surface area (Å²) in [6.07, 6.45) is 3.88. The van der Waals surface area contributed by atoms with Gasteiger partial charge in [0.25, 0.3) is 5.91 Å². The predicted octanol–water partition coefficient (Wildman–Crippen LogP) is 1.07. The van der Waals surface area contributed by atoms with E-state index in [1.54, 1.807) is 24.3 Å². The number of primary amides is 2. The number of allylic oxidation sites excluding steroid dienone is 3. The molecule has 19 heavy (non-hydrogen) atoms. The lowest BCUT2D eigenvalue weighted by Gasteiger charge is -2.10. The fourth-order valence-electron chi connectivity index (χ4n) is 2.34. The molecular formula is C14H11N3O2. The second-order valence-electron chi connectivity index (χ2n) is 4.44. The van der Waals surface area contributed by atoms with Crippen molar-refractivity contribution in [1.29, 1.82) is 0 Å². The van der Waals surface area contributed by atoms with Gasteiger partial charge in [-0.3, -0.25) is 14.6 Å². The highest BCUT2D eigenvalue weighted by Gasteiger charge is 2.27. The third kappa shape index (κ3) is 1.67. The third-order valence-electron chi connectivity index (χ3n) is 3.27. The quantitative estimate of drug-likeness (QED) is 0.824. The monoisotopic (exact) mass is 253 g/mol. The fraction of sp³-hybridized carbons (Fsp3) is 0.0714. The van der Waals surface area contributed by atoms with Gasteiger partial charge < -0.3 is 11.5 Å². The molecule has 0 radical (unpaired) electrons. The van der Waals surface area contributed by atoms with Gasteiger partial charge in [0.2, 0.25) is 5.91 Å². The first-order valence-corrected chi connectivity index (χ1v) is 5.79. The van der Waals surface area contributed by atoms with Crippen LogP contribution in [0.4, 0.5) is 5.69 Å². The Morgan fingerprint density at radius 3 is 2.58 bits per heavy atom. The van der Waals surface area contributed by atoms with Gasteiger partial charge in [0.15, 0.2) is 0 Å². The van der Waals surface area contributed by atoms with Crippen molar-refractivity contribution in [3.8, 4) is 0 Å². The van der Waals surface area contributed by atoms with Gasteiger partial charge >= 0.3 is 0 Å². The number of hydrogen-bond acceptors (Lipinski definition) is 3. The van der Waals surface area contributed by atoms with E-state index in [1.165, 1.54) is 0 Å². The Balaban J connectivity index is 2.14. The maximum atomic E-state index is 11.4. The number of rotatable bonds is 2. The zero-order valence-electron chi connectivity index (χ0n) is 10.0. The molecule has 2 amide bonds. The summed E-state index contributed by atoms with van der Waals surface area (Å²) in [4.78, 5) is 27.0. The molecule has 1 aromatic carbocycles. The van der Waals surface area contributed by atoms with Gasteiger partial charge in [-0.15, -0.1) is 0 Å². The van der Waals surface area contributed by atoms with Gasteiger partial charge in [-0.05, 0) is 6.07 Å². The number of amides is 2. The first-order chi connectivity index (χ1) is 9.08. The lowest BCUT2D eigenvalue weighted by molar-refractivity contribution is -0.114. The van der Waals surface area contributed by atoms with Crippen molar-refractivity contribution in [3.05, 3.63) is 47.1 Å². The summed E-state index contributed by atoms with van der Waals surface area (Å²) in [6, 6.07) is 5.30. The summed E-state index contributed by atoms with van der Waals surface area (Å²) >= 11 is 0. The van der Waals surface area contributed by atoms with Crippen LogP contribution in [0.15, 0.2) is 40.9 Å². The second-order valence-corrected chi connectivity index (χ2v) is 4.44. The summed E-state index contributed by atoms with van der Waals surface area (Å²) < 4.78 is 0. The Labute approximate surface area is 109 Å². The molecule has 0 unspecified atom stereocenters. The van der Waals surface area contributed by atoms with Crippen LogP contribution in [0.3, 0.4) is 0 Å². The molecule has 0 saturated carbocycles. The molecule has 0 aromatic heterocycles. The molecule has 0 atom stereocenters. The van der Waals surface area contributed by atoms with E-state index in [2.05, 4.69) is 4.99 Å². The molecule has 3 rings (SSSR count). The number of benzene rings is 1. The zero-order chi connectivity index (χ0) is 13.6. The minimum absolute atomic E-state index is 0.383. The van der Waals surface area contributed by atoms with Crippen LogP contribution >= 0.6 is 0 Å². The highest BCUT2D eigenvalue weighted by Crippen LogP contribution is 2.40. The smallest absolute Gasteiger partial charge is 0.250 e. The Hall–Kier alpha value is -2.69. The first kappa shape index (κ1) is 11.4. The minimum Gasteiger partial charge on any atom is -0.366 e. The van der Waals surface area contributed by atoms with E-state index in [-0.39, 0.29) is 0 Å². The topological polar surface area (TPSA) is 98.5 Å². The van der Waals surface area contributed by atoms with Crippen molar-refractivity contribution < 1.29 is 9.59 Å². The second kappa shape index (κ2) is 3.91. The van der Waals surface area contributed by atoms with Crippen LogP contribution in [0.2, 0.25) is 0 Å². The molecule has 1 aromatic rings. The van der Waals surface area contributed by atoms with Gasteiger partial charge in [0.05, 0.1) is 17.0 Å². The third-order valence-corrected chi connectivity index (χ3v) is 3.27. The number of carbonyl (C=O) groups excluding carboxylic acids is 2. The summed E-state index contributed by atoms with van der Waals surface area (Å²) in [5.74, 6) is -0.965. The van der Waals surface area contributed by atoms with E-state index in [9.17, 15) is 9.59 Å². The minimum atomic E-state index is -0.511. The average molecular weight is 253 g/mol. The van der Waals surface area contributed by atoms with Crippen LogP contribution in [0.25, 0.3) is 5.57 Å². The van der Waals surface area contributed by atoms with Gasteiger partial charge in [-0.25, -0.2) is 0 Å². The molecule has 94 valence electrons. The highest BCUT2D eigenvalue weighted by molar-refractivity contribution is 6.32. The Morgan fingerprint density at radius 2 is 1.89 bits per heavy atom. The van der Waals surface area contributed by atoms with Crippen molar-refractivity contribution in [3.63, 3.8) is 0 Å². The van der Waals surface area contributed by atoms with E-state index in [0.29, 0.717) is 23.2 Å². The van der Waals surface area contributed by atoms with Crippen LogP contribution in [0.1, 0.15) is 22.3 Å². The van der Waals surface area contributed by atoms with Gasteiger partial charge in [0, 0.05) is 23.1 Å². The highest BCUT2D eigenvalue weighted by atomic mass is 16.1. The molecule has 2 aliphatic rings. The van der Waals surface area contributed by atoms with E-state index in [0.717, 1.165) is 16.8 Å². The molecule has 0 saturated heterocycles. The Bertz CT molecular complexity index is 711. The average Bonchev–Trinajstić information content (AvgIpc) is 2.75. The molecule has 5 nitrogen and oxygen atoms in total. The van der Waals surface area contributed by atoms with E-state index in [1.807, 2.05) is 6.07 Å². The fourth-order valence-corrected chi connectivity index (χ4v) is 2.34. The maximum absolute atomic E-state index is 11.4. The van der Waals surface area contributed by atoms with Crippen LogP contribution in [0.5, 0.6) is 0 Å². The number of carbonyl (C=O) groups is 2. The van der Waals surface area contributed by atoms with Gasteiger partial charge in [-0.2, -0.15) is 0 Å². The SMILES string of the molecule is NC(=O)C1=CC=C2C(=Nc3c(C(N)=O)cccc32)C1. The Morgan fingerprint density at radius 1 is 1.11 bits per heavy atom. The summed E-state index contributed by atoms with van der Waals surface area (Å²) in [7, 11) is 0. The number of para-hydroxylation sites is 1. The van der Waals surface area contributed by atoms with E-state index < -0.39 is 11.8 Å². The lowest BCUT2D eigenvalue weighted by atomic mass is 9.92. The zero-order valence-corrected chi connectivity index (χ0v) is 10.0. The van der Waals surface area contributed by atoms with Crippen molar-refractivity contribution in [1.82, 2.24) is 0 Å². The van der Waals surface area contributed by atoms with Crippen LogP contribution < -0.4 is 11.5 Å². The van der Waals surface area contributed by atoms with Crippen molar-refractivity contribution in [2.24, 2.45) is 16.5 Å². The molecule has 1 aliphatic heterocycles. The predicted molar refractivity (Wildman–Crippen MR) is 71.9 cm³/mol. The summed E-state index contributed by atoms with van der Waals surface area (Å²) in [6.45, 7) is 0. The molecule has 0 fully saturated rings. The maximum Gasteiger partial charge on any atom is 0.250 e. The number of hydrogen-bond donors (Lipinski definition) is 2. The van der Waals surface area contributed by atoms with Crippen LogP contribution in [0, 0.1) is 0 Å². The number of fused-ring (bicyclic) bond motifs is 3. The standard InChI is InChI=1S/C14H11N3O2/c15-13(18)7-4-5-8-9-2-1-3-10(14(16)19)12(9)17-11(8)6-7/h1-5H,6H2,(H2,15,18)(H2,16,19). The largest absolute Gasteiger partial charge is 0.366 e. The van der Waals surface area contributed by atoms with Gasteiger partial charge in [-0.1, -0.05) is 24.3 Å². The Kier molecular flexibility index (Phi) is 2.35. The van der Waals surface area contributed by atoms with Crippen molar-refractivity contribution in [2.75, 3.05) is 0 Å². The van der Waals surface area contributed by atoms with Crippen molar-refractivity contribution >= 4 is 28.8 Å². The number of nitrogens with two attached hydrogens (primary N) is 2. The lowest BCUT2D eigenvalue weighted by Crippen LogP contribution is -2.18. The van der Waals surface area contributed by atoms with E-state index in [4.69, 9.17) is 11.5 Å². The normalized spacial score (nSPS) is 15.9. The molecule has 1 aliphatic carbocycles. The van der Waals surface area contributed by atoms with Crippen molar-refractivity contribution in [2.45, 2.75) is 6.42 Å². The molecular weight excluding hydrogens is 242 g/mol. The van der Waals surface area contributed by atoms with Gasteiger partial charge in [0.1, 0.15) is 0 Å².